The summed E-state index contributed by atoms with van der Waals surface area (Å²) in [5.41, 5.74) is 1.17. The minimum absolute atomic E-state index is 0. The number of rotatable bonds is 5. The van der Waals surface area contributed by atoms with E-state index in [0.29, 0.717) is 5.02 Å². The Hall–Kier alpha value is -0.770. The van der Waals surface area contributed by atoms with Crippen LogP contribution in [0.3, 0.4) is 0 Å². The Bertz CT molecular complexity index is 381. The summed E-state index contributed by atoms with van der Waals surface area (Å²) < 4.78 is 0. The van der Waals surface area contributed by atoms with Crippen LogP contribution in [0.25, 0.3) is 0 Å². The fourth-order valence-corrected chi connectivity index (χ4v) is 1.91. The molecule has 18 heavy (non-hydrogen) atoms. The lowest BCUT2D eigenvalue weighted by Gasteiger charge is -2.28. The highest BCUT2D eigenvalue weighted by Gasteiger charge is 2.20. The molecular formula is C13H19Cl2NO2. The maximum absolute atomic E-state index is 10.7. The van der Waals surface area contributed by atoms with E-state index < -0.39 is 5.97 Å². The van der Waals surface area contributed by atoms with E-state index in [2.05, 4.69) is 6.92 Å². The van der Waals surface area contributed by atoms with Crippen molar-refractivity contribution in [2.24, 2.45) is 0 Å². The van der Waals surface area contributed by atoms with Crippen molar-refractivity contribution < 1.29 is 9.90 Å². The van der Waals surface area contributed by atoms with Gasteiger partial charge < -0.3 is 5.11 Å². The van der Waals surface area contributed by atoms with Crippen LogP contribution in [-0.4, -0.2) is 35.6 Å². The normalized spacial score (nSPS) is 13.8. The summed E-state index contributed by atoms with van der Waals surface area (Å²) in [5.74, 6) is -0.542. The molecule has 2 atom stereocenters. The van der Waals surface area contributed by atoms with Crippen LogP contribution in [0.15, 0.2) is 24.3 Å². The third kappa shape index (κ3) is 4.84. The van der Waals surface area contributed by atoms with Crippen LogP contribution >= 0.6 is 24.0 Å². The van der Waals surface area contributed by atoms with E-state index >= 15 is 0 Å². The lowest BCUT2D eigenvalue weighted by Crippen LogP contribution is -2.37. The average Bonchev–Trinajstić information content (AvgIpc) is 2.27. The lowest BCUT2D eigenvalue weighted by molar-refractivity contribution is -0.138. The van der Waals surface area contributed by atoms with E-state index in [4.69, 9.17) is 16.7 Å². The molecule has 1 rings (SSSR count). The largest absolute Gasteiger partial charge is 0.480 e. The van der Waals surface area contributed by atoms with Crippen molar-refractivity contribution in [1.82, 2.24) is 4.90 Å². The Morgan fingerprint density at radius 3 is 2.28 bits per heavy atom. The van der Waals surface area contributed by atoms with E-state index in [1.807, 2.05) is 43.1 Å². The second kappa shape index (κ2) is 7.62. The van der Waals surface area contributed by atoms with Crippen LogP contribution in [0.1, 0.15) is 25.3 Å². The van der Waals surface area contributed by atoms with Crippen molar-refractivity contribution in [2.75, 3.05) is 13.6 Å². The number of likely N-dealkylation sites (N-methyl/N-ethyl adjacent to an activating group) is 1. The third-order valence-electron chi connectivity index (χ3n) is 3.20. The Morgan fingerprint density at radius 1 is 1.33 bits per heavy atom. The quantitative estimate of drug-likeness (QED) is 0.905. The number of nitrogens with zero attached hydrogens (tertiary/aromatic N) is 1. The van der Waals surface area contributed by atoms with Gasteiger partial charge in [-0.05, 0) is 37.6 Å². The molecule has 1 aromatic rings. The summed E-state index contributed by atoms with van der Waals surface area (Å²) >= 11 is 5.84. The molecule has 0 bridgehead atoms. The monoisotopic (exact) mass is 291 g/mol. The van der Waals surface area contributed by atoms with Crippen molar-refractivity contribution in [1.29, 1.82) is 0 Å². The molecule has 0 radical (unpaired) electrons. The van der Waals surface area contributed by atoms with Crippen LogP contribution in [0.4, 0.5) is 0 Å². The highest BCUT2D eigenvalue weighted by molar-refractivity contribution is 6.30. The van der Waals surface area contributed by atoms with Gasteiger partial charge in [0.2, 0.25) is 0 Å². The van der Waals surface area contributed by atoms with Crippen LogP contribution in [0.5, 0.6) is 0 Å². The molecular weight excluding hydrogens is 273 g/mol. The van der Waals surface area contributed by atoms with Crippen LogP contribution in [-0.2, 0) is 4.79 Å². The summed E-state index contributed by atoms with van der Waals surface area (Å²) in [4.78, 5) is 12.5. The maximum atomic E-state index is 10.7. The molecule has 5 heteroatoms. The van der Waals surface area contributed by atoms with Gasteiger partial charge in [0.05, 0.1) is 6.54 Å². The zero-order chi connectivity index (χ0) is 13.0. The topological polar surface area (TPSA) is 40.5 Å². The molecule has 0 aliphatic rings. The minimum atomic E-state index is -0.803. The van der Waals surface area contributed by atoms with Gasteiger partial charge in [-0.25, -0.2) is 0 Å². The zero-order valence-corrected chi connectivity index (χ0v) is 12.3. The van der Waals surface area contributed by atoms with Gasteiger partial charge in [-0.1, -0.05) is 30.7 Å². The highest BCUT2D eigenvalue weighted by Crippen LogP contribution is 2.23. The summed E-state index contributed by atoms with van der Waals surface area (Å²) in [7, 11) is 1.82. The van der Waals surface area contributed by atoms with Gasteiger partial charge in [0.1, 0.15) is 0 Å². The predicted molar refractivity (Wildman–Crippen MR) is 76.8 cm³/mol. The molecule has 0 spiro atoms. The molecule has 3 nitrogen and oxygen atoms in total. The molecule has 0 saturated carbocycles. The first-order valence-corrected chi connectivity index (χ1v) is 5.97. The van der Waals surface area contributed by atoms with Crippen LogP contribution in [0, 0.1) is 0 Å². The molecule has 0 fully saturated rings. The number of halogens is 2. The van der Waals surface area contributed by atoms with E-state index in [0.717, 1.165) is 0 Å². The first kappa shape index (κ1) is 17.2. The van der Waals surface area contributed by atoms with E-state index in [1.165, 1.54) is 5.56 Å². The number of benzene rings is 1. The number of hydrogen-bond acceptors (Lipinski definition) is 2. The minimum Gasteiger partial charge on any atom is -0.480 e. The molecule has 0 heterocycles. The third-order valence-corrected chi connectivity index (χ3v) is 3.45. The molecule has 0 aromatic heterocycles. The number of aliphatic carboxylic acids is 1. The highest BCUT2D eigenvalue weighted by atomic mass is 35.5. The number of carbonyl (C=O) groups is 1. The first-order valence-electron chi connectivity index (χ1n) is 5.59. The SMILES string of the molecule is CC(c1ccc(Cl)cc1)C(C)N(C)CC(=O)O.Cl. The zero-order valence-electron chi connectivity index (χ0n) is 10.8. The molecule has 0 amide bonds. The predicted octanol–water partition coefficient (Wildman–Crippen LogP) is 3.27. The Balaban J connectivity index is 0.00000289. The van der Waals surface area contributed by atoms with E-state index in [-0.39, 0.29) is 30.9 Å². The van der Waals surface area contributed by atoms with Crippen molar-refractivity contribution >= 4 is 30.0 Å². The van der Waals surface area contributed by atoms with Gasteiger partial charge in [0.25, 0.3) is 0 Å². The fourth-order valence-electron chi connectivity index (χ4n) is 1.78. The van der Waals surface area contributed by atoms with Gasteiger partial charge >= 0.3 is 5.97 Å². The van der Waals surface area contributed by atoms with E-state index in [9.17, 15) is 4.79 Å². The Morgan fingerprint density at radius 2 is 1.83 bits per heavy atom. The van der Waals surface area contributed by atoms with Crippen LogP contribution < -0.4 is 0 Å². The molecule has 1 aromatic carbocycles. The van der Waals surface area contributed by atoms with E-state index in [1.54, 1.807) is 0 Å². The smallest absolute Gasteiger partial charge is 0.317 e. The average molecular weight is 292 g/mol. The Kier molecular flexibility index (Phi) is 7.29. The fraction of sp³-hybridized carbons (Fsp3) is 0.462. The molecule has 2 unspecified atom stereocenters. The summed E-state index contributed by atoms with van der Waals surface area (Å²) in [6.07, 6.45) is 0. The number of carboxylic acids is 1. The first-order chi connectivity index (χ1) is 7.91. The maximum Gasteiger partial charge on any atom is 0.317 e. The number of carboxylic acid groups (broad SMARTS) is 1. The van der Waals surface area contributed by atoms with Gasteiger partial charge in [-0.3, -0.25) is 9.69 Å². The van der Waals surface area contributed by atoms with Gasteiger partial charge in [-0.2, -0.15) is 0 Å². The van der Waals surface area contributed by atoms with Crippen LogP contribution in [0.2, 0.25) is 5.02 Å². The summed E-state index contributed by atoms with van der Waals surface area (Å²) in [5, 5.41) is 9.48. The van der Waals surface area contributed by atoms with Crippen molar-refractivity contribution in [3.05, 3.63) is 34.9 Å². The van der Waals surface area contributed by atoms with Crippen molar-refractivity contribution in [3.8, 4) is 0 Å². The van der Waals surface area contributed by atoms with Crippen molar-refractivity contribution in [2.45, 2.75) is 25.8 Å². The summed E-state index contributed by atoms with van der Waals surface area (Å²) in [6.45, 7) is 4.17. The Labute approximate surface area is 119 Å². The van der Waals surface area contributed by atoms with Gasteiger partial charge in [-0.15, -0.1) is 12.4 Å². The van der Waals surface area contributed by atoms with Gasteiger partial charge in [0.15, 0.2) is 0 Å². The summed E-state index contributed by atoms with van der Waals surface area (Å²) in [6, 6.07) is 7.84. The standard InChI is InChI=1S/C13H18ClNO2.ClH/c1-9(10(2)15(3)8-13(16)17)11-4-6-12(14)7-5-11;/h4-7,9-10H,8H2,1-3H3,(H,16,17);1H. The van der Waals surface area contributed by atoms with Gasteiger partial charge in [0, 0.05) is 11.1 Å². The molecule has 0 aliphatic heterocycles. The molecule has 0 aliphatic carbocycles. The molecule has 0 saturated heterocycles. The van der Waals surface area contributed by atoms with Crippen molar-refractivity contribution in [3.63, 3.8) is 0 Å². The lowest BCUT2D eigenvalue weighted by atomic mass is 9.93. The molecule has 102 valence electrons. The second-order valence-electron chi connectivity index (χ2n) is 4.39. The number of hydrogen-bond donors (Lipinski definition) is 1. The second-order valence-corrected chi connectivity index (χ2v) is 4.83. The molecule has 1 N–H and O–H groups in total.